The number of hydrogen-bond acceptors (Lipinski definition) is 5. The summed E-state index contributed by atoms with van der Waals surface area (Å²) in [5.74, 6) is 0.513. The minimum atomic E-state index is -0.0924. The summed E-state index contributed by atoms with van der Waals surface area (Å²) in [5.41, 5.74) is 6.01. The van der Waals surface area contributed by atoms with Gasteiger partial charge in [-0.05, 0) is 24.4 Å². The molecule has 0 aliphatic rings. The van der Waals surface area contributed by atoms with E-state index in [1.54, 1.807) is 0 Å². The van der Waals surface area contributed by atoms with Gasteiger partial charge in [-0.25, -0.2) is 4.98 Å². The first-order valence-corrected chi connectivity index (χ1v) is 5.60. The fourth-order valence-corrected chi connectivity index (χ4v) is 1.99. The molecule has 0 fully saturated rings. The maximum absolute atomic E-state index is 11.5. The van der Waals surface area contributed by atoms with Gasteiger partial charge in [0.05, 0.1) is 5.52 Å². The molecule has 80 valence electrons. The molecule has 0 saturated heterocycles. The predicted molar refractivity (Wildman–Crippen MR) is 62.4 cm³/mol. The van der Waals surface area contributed by atoms with E-state index in [9.17, 15) is 4.79 Å². The van der Waals surface area contributed by atoms with Gasteiger partial charge < -0.3 is 11.1 Å². The molecular formula is C9H12N4OS. The van der Waals surface area contributed by atoms with Gasteiger partial charge in [-0.3, -0.25) is 9.78 Å². The third-order valence-corrected chi connectivity index (χ3v) is 2.89. The van der Waals surface area contributed by atoms with Crippen molar-refractivity contribution in [1.82, 2.24) is 9.97 Å². The van der Waals surface area contributed by atoms with Gasteiger partial charge in [0, 0.05) is 6.54 Å². The number of H-pyrrole nitrogens is 1. The van der Waals surface area contributed by atoms with E-state index in [1.165, 1.54) is 11.3 Å². The molecular weight excluding hydrogens is 212 g/mol. The van der Waals surface area contributed by atoms with Crippen LogP contribution in [0.4, 0.5) is 5.95 Å². The summed E-state index contributed by atoms with van der Waals surface area (Å²) in [7, 11) is 0. The maximum atomic E-state index is 11.5. The molecule has 2 aromatic heterocycles. The molecule has 6 heteroatoms. The topological polar surface area (TPSA) is 83.8 Å². The molecule has 4 N–H and O–H groups in total. The van der Waals surface area contributed by atoms with Gasteiger partial charge >= 0.3 is 0 Å². The Morgan fingerprint density at radius 1 is 1.60 bits per heavy atom. The van der Waals surface area contributed by atoms with E-state index in [0.29, 0.717) is 17.2 Å². The lowest BCUT2D eigenvalue weighted by atomic mass is 10.4. The fourth-order valence-electron chi connectivity index (χ4n) is 1.27. The molecule has 5 nitrogen and oxygen atoms in total. The normalized spacial score (nSPS) is 10.7. The van der Waals surface area contributed by atoms with Crippen molar-refractivity contribution in [1.29, 1.82) is 0 Å². The Bertz CT molecular complexity index is 504. The third-order valence-electron chi connectivity index (χ3n) is 1.99. The lowest BCUT2D eigenvalue weighted by molar-refractivity contribution is 0.864. The highest BCUT2D eigenvalue weighted by atomic mass is 32.1. The molecule has 2 rings (SSSR count). The number of anilines is 1. The zero-order valence-corrected chi connectivity index (χ0v) is 8.93. The summed E-state index contributed by atoms with van der Waals surface area (Å²) >= 11 is 1.40. The standard InChI is InChI=1S/C9H12N4OS/c10-3-1-4-11-9-12-6-2-5-15-7(6)8(14)13-9/h2,5H,1,3-4,10H2,(H2,11,12,13,14). The zero-order valence-electron chi connectivity index (χ0n) is 8.12. The second kappa shape index (κ2) is 4.41. The Hall–Kier alpha value is -1.40. The summed E-state index contributed by atoms with van der Waals surface area (Å²) in [6.45, 7) is 1.34. The van der Waals surface area contributed by atoms with Crippen LogP contribution in [-0.2, 0) is 0 Å². The molecule has 0 aliphatic heterocycles. The molecule has 0 aromatic carbocycles. The van der Waals surface area contributed by atoms with Crippen LogP contribution in [0, 0.1) is 0 Å². The Labute approximate surface area is 90.3 Å². The summed E-state index contributed by atoms with van der Waals surface area (Å²) in [4.78, 5) is 18.5. The minimum absolute atomic E-state index is 0.0924. The first-order chi connectivity index (χ1) is 7.31. The van der Waals surface area contributed by atoms with E-state index < -0.39 is 0 Å². The van der Waals surface area contributed by atoms with Crippen molar-refractivity contribution in [3.05, 3.63) is 21.8 Å². The maximum Gasteiger partial charge on any atom is 0.270 e. The lowest BCUT2D eigenvalue weighted by Gasteiger charge is -2.03. The van der Waals surface area contributed by atoms with Crippen molar-refractivity contribution in [3.8, 4) is 0 Å². The highest BCUT2D eigenvalue weighted by molar-refractivity contribution is 7.17. The smallest absolute Gasteiger partial charge is 0.270 e. The molecule has 2 heterocycles. The summed E-state index contributed by atoms with van der Waals surface area (Å²) < 4.78 is 0.666. The Morgan fingerprint density at radius 2 is 2.47 bits per heavy atom. The number of nitrogens with one attached hydrogen (secondary N) is 2. The summed E-state index contributed by atoms with van der Waals surface area (Å²) in [6, 6.07) is 1.84. The largest absolute Gasteiger partial charge is 0.356 e. The first kappa shape index (κ1) is 10.1. The van der Waals surface area contributed by atoms with Crippen molar-refractivity contribution in [2.75, 3.05) is 18.4 Å². The summed E-state index contributed by atoms with van der Waals surface area (Å²) in [6.07, 6.45) is 0.853. The highest BCUT2D eigenvalue weighted by Crippen LogP contribution is 2.14. The van der Waals surface area contributed by atoms with Crippen LogP contribution in [0.15, 0.2) is 16.2 Å². The average molecular weight is 224 g/mol. The van der Waals surface area contributed by atoms with Crippen molar-refractivity contribution >= 4 is 27.5 Å². The van der Waals surface area contributed by atoms with Gasteiger partial charge in [0.1, 0.15) is 4.70 Å². The minimum Gasteiger partial charge on any atom is -0.356 e. The number of thiophene rings is 1. The van der Waals surface area contributed by atoms with Crippen LogP contribution in [-0.4, -0.2) is 23.1 Å². The van der Waals surface area contributed by atoms with E-state index in [1.807, 2.05) is 11.4 Å². The van der Waals surface area contributed by atoms with Crippen LogP contribution in [0.1, 0.15) is 6.42 Å². The van der Waals surface area contributed by atoms with E-state index in [0.717, 1.165) is 18.5 Å². The predicted octanol–water partition coefficient (Wildman–Crippen LogP) is 0.745. The van der Waals surface area contributed by atoms with Crippen LogP contribution in [0.3, 0.4) is 0 Å². The zero-order chi connectivity index (χ0) is 10.7. The van der Waals surface area contributed by atoms with Crippen LogP contribution >= 0.6 is 11.3 Å². The van der Waals surface area contributed by atoms with Gasteiger partial charge in [0.2, 0.25) is 5.95 Å². The van der Waals surface area contributed by atoms with E-state index in [4.69, 9.17) is 5.73 Å². The molecule has 0 amide bonds. The molecule has 0 radical (unpaired) electrons. The Balaban J connectivity index is 2.25. The van der Waals surface area contributed by atoms with E-state index in [-0.39, 0.29) is 5.56 Å². The Morgan fingerprint density at radius 3 is 3.27 bits per heavy atom. The van der Waals surface area contributed by atoms with Crippen molar-refractivity contribution < 1.29 is 0 Å². The third kappa shape index (κ3) is 2.16. The van der Waals surface area contributed by atoms with Crippen LogP contribution in [0.5, 0.6) is 0 Å². The van der Waals surface area contributed by atoms with Crippen molar-refractivity contribution in [2.24, 2.45) is 5.73 Å². The molecule has 0 unspecified atom stereocenters. The van der Waals surface area contributed by atoms with Crippen molar-refractivity contribution in [2.45, 2.75) is 6.42 Å². The van der Waals surface area contributed by atoms with Gasteiger partial charge in [0.15, 0.2) is 0 Å². The fraction of sp³-hybridized carbons (Fsp3) is 0.333. The quantitative estimate of drug-likeness (QED) is 0.669. The number of nitrogens with two attached hydrogens (primary N) is 1. The van der Waals surface area contributed by atoms with Gasteiger partial charge in [-0.2, -0.15) is 0 Å². The molecule has 15 heavy (non-hydrogen) atoms. The summed E-state index contributed by atoms with van der Waals surface area (Å²) in [5, 5.41) is 4.88. The van der Waals surface area contributed by atoms with Crippen LogP contribution < -0.4 is 16.6 Å². The van der Waals surface area contributed by atoms with E-state index in [2.05, 4.69) is 15.3 Å². The number of aromatic nitrogens is 2. The Kier molecular flexibility index (Phi) is 2.98. The molecule has 0 spiro atoms. The van der Waals surface area contributed by atoms with Crippen LogP contribution in [0.2, 0.25) is 0 Å². The monoisotopic (exact) mass is 224 g/mol. The SMILES string of the molecule is NCCCNc1nc2ccsc2c(=O)[nH]1. The van der Waals surface area contributed by atoms with Gasteiger partial charge in [0.25, 0.3) is 5.56 Å². The second-order valence-corrected chi connectivity index (χ2v) is 4.03. The molecule has 0 aliphatic carbocycles. The first-order valence-electron chi connectivity index (χ1n) is 4.72. The van der Waals surface area contributed by atoms with Crippen LogP contribution in [0.25, 0.3) is 10.2 Å². The van der Waals surface area contributed by atoms with Gasteiger partial charge in [-0.1, -0.05) is 0 Å². The molecule has 0 atom stereocenters. The number of aromatic amines is 1. The number of fused-ring (bicyclic) bond motifs is 1. The number of hydrogen-bond donors (Lipinski definition) is 3. The molecule has 2 aromatic rings. The average Bonchev–Trinajstić information content (AvgIpc) is 2.66. The number of rotatable bonds is 4. The highest BCUT2D eigenvalue weighted by Gasteiger charge is 2.03. The second-order valence-electron chi connectivity index (χ2n) is 3.12. The molecule has 0 saturated carbocycles. The van der Waals surface area contributed by atoms with Gasteiger partial charge in [-0.15, -0.1) is 11.3 Å². The number of nitrogens with zero attached hydrogens (tertiary/aromatic N) is 1. The van der Waals surface area contributed by atoms with E-state index >= 15 is 0 Å². The van der Waals surface area contributed by atoms with Crippen molar-refractivity contribution in [3.63, 3.8) is 0 Å². The lowest BCUT2D eigenvalue weighted by Crippen LogP contribution is -2.14. The molecule has 0 bridgehead atoms.